The molecule has 1 aromatic heterocycles. The van der Waals surface area contributed by atoms with E-state index < -0.39 is 0 Å². The van der Waals surface area contributed by atoms with E-state index in [1.54, 1.807) is 24.3 Å². The lowest BCUT2D eigenvalue weighted by molar-refractivity contribution is -0.111. The van der Waals surface area contributed by atoms with Crippen LogP contribution in [-0.2, 0) is 14.4 Å². The number of benzene rings is 2. The minimum Gasteiger partial charge on any atom is -0.494 e. The summed E-state index contributed by atoms with van der Waals surface area (Å²) in [6.45, 7) is 6.65. The Morgan fingerprint density at radius 3 is 2.74 bits per heavy atom. The fraction of sp³-hybridized carbons (Fsp3) is 0.296. The van der Waals surface area contributed by atoms with Gasteiger partial charge in [0, 0.05) is 31.6 Å². The highest BCUT2D eigenvalue weighted by molar-refractivity contribution is 6.42. The van der Waals surface area contributed by atoms with Crippen molar-refractivity contribution in [1.82, 2.24) is 9.97 Å². The second kappa shape index (κ2) is 12.1. The van der Waals surface area contributed by atoms with Crippen LogP contribution in [0.1, 0.15) is 18.0 Å². The number of hydrogen-bond acceptors (Lipinski definition) is 9. The summed E-state index contributed by atoms with van der Waals surface area (Å²) in [6.07, 6.45) is 3.40. The number of anilines is 5. The van der Waals surface area contributed by atoms with Crippen molar-refractivity contribution in [3.63, 3.8) is 0 Å². The number of hydrogen-bond donors (Lipinski definition) is 2. The zero-order valence-corrected chi connectivity index (χ0v) is 22.8. The Labute approximate surface area is 236 Å². The summed E-state index contributed by atoms with van der Waals surface area (Å²) in [5, 5.41) is 8.90. The Balaban J connectivity index is 1.45. The topological polar surface area (TPSA) is 101 Å². The SMILES string of the molecule is C=CC(=O)Nc1cc(Nc2cc(N3OCCC3c3cccc(Cl)c3Cl)ncn2)c(OC)cc1N1CCOCC1. The molecule has 1 atom stereocenters. The van der Waals surface area contributed by atoms with E-state index in [2.05, 4.69) is 32.1 Å². The maximum atomic E-state index is 12.2. The fourth-order valence-corrected chi connectivity index (χ4v) is 5.05. The summed E-state index contributed by atoms with van der Waals surface area (Å²) in [7, 11) is 1.59. The Kier molecular flexibility index (Phi) is 8.37. The lowest BCUT2D eigenvalue weighted by atomic mass is 10.0. The molecular weight excluding hydrogens is 543 g/mol. The third kappa shape index (κ3) is 5.89. The standard InChI is InChI=1S/C27H28Cl2N6O4/c1-3-26(36)33-19-13-20(23(37-2)14-22(19)34-8-11-38-12-9-34)32-24-15-25(31-16-30-24)35-21(7-10-39-35)17-5-4-6-18(28)27(17)29/h3-6,13-16,21H,1,7-12H2,2H3,(H,33,36)(H,30,31,32). The van der Waals surface area contributed by atoms with Gasteiger partial charge in [-0.3, -0.25) is 9.63 Å². The van der Waals surface area contributed by atoms with Gasteiger partial charge in [0.15, 0.2) is 5.82 Å². The fourth-order valence-electron chi connectivity index (χ4n) is 4.61. The van der Waals surface area contributed by atoms with E-state index >= 15 is 0 Å². The molecule has 2 aliphatic heterocycles. The molecule has 5 rings (SSSR count). The zero-order valence-electron chi connectivity index (χ0n) is 21.3. The largest absolute Gasteiger partial charge is 0.494 e. The number of carbonyl (C=O) groups excluding carboxylic acids is 1. The van der Waals surface area contributed by atoms with E-state index in [1.807, 2.05) is 24.3 Å². The molecule has 1 amide bonds. The Bertz CT molecular complexity index is 1370. The van der Waals surface area contributed by atoms with Gasteiger partial charge in [0.25, 0.3) is 0 Å². The molecular formula is C27H28Cl2N6O4. The zero-order chi connectivity index (χ0) is 27.4. The minimum atomic E-state index is -0.318. The Hall–Kier alpha value is -3.57. The van der Waals surface area contributed by atoms with Crippen molar-refractivity contribution in [2.45, 2.75) is 12.5 Å². The molecule has 3 aromatic rings. The number of carbonyl (C=O) groups is 1. The van der Waals surface area contributed by atoms with Crippen LogP contribution in [0, 0.1) is 0 Å². The number of hydroxylamine groups is 1. The van der Waals surface area contributed by atoms with Crippen molar-refractivity contribution in [3.05, 3.63) is 71.0 Å². The number of aromatic nitrogens is 2. The smallest absolute Gasteiger partial charge is 0.247 e. The maximum Gasteiger partial charge on any atom is 0.247 e. The highest BCUT2D eigenvalue weighted by atomic mass is 35.5. The van der Waals surface area contributed by atoms with Crippen molar-refractivity contribution in [3.8, 4) is 5.75 Å². The van der Waals surface area contributed by atoms with Gasteiger partial charge < -0.3 is 25.0 Å². The first-order valence-electron chi connectivity index (χ1n) is 12.4. The summed E-state index contributed by atoms with van der Waals surface area (Å²) in [5.74, 6) is 1.32. The van der Waals surface area contributed by atoms with Gasteiger partial charge >= 0.3 is 0 Å². The number of methoxy groups -OCH3 is 1. The van der Waals surface area contributed by atoms with Crippen molar-refractivity contribution in [1.29, 1.82) is 0 Å². The highest BCUT2D eigenvalue weighted by Crippen LogP contribution is 2.41. The molecule has 2 N–H and O–H groups in total. The normalized spacial score (nSPS) is 17.2. The summed E-state index contributed by atoms with van der Waals surface area (Å²) in [4.78, 5) is 29.1. The van der Waals surface area contributed by atoms with Crippen LogP contribution in [-0.4, -0.2) is 55.9 Å². The van der Waals surface area contributed by atoms with Crippen LogP contribution in [0.25, 0.3) is 0 Å². The first kappa shape index (κ1) is 27.0. The predicted molar refractivity (Wildman–Crippen MR) is 152 cm³/mol. The molecule has 2 saturated heterocycles. The number of halogens is 2. The quantitative estimate of drug-likeness (QED) is 0.345. The average molecular weight is 571 g/mol. The predicted octanol–water partition coefficient (Wildman–Crippen LogP) is 5.38. The van der Waals surface area contributed by atoms with Crippen LogP contribution in [0.3, 0.4) is 0 Å². The van der Waals surface area contributed by atoms with Crippen molar-refractivity contribution in [2.75, 3.05) is 60.6 Å². The van der Waals surface area contributed by atoms with Crippen molar-refractivity contribution in [2.24, 2.45) is 0 Å². The first-order valence-corrected chi connectivity index (χ1v) is 13.2. The minimum absolute atomic E-state index is 0.165. The number of amides is 1. The molecule has 0 bridgehead atoms. The van der Waals surface area contributed by atoms with Gasteiger partial charge in [-0.2, -0.15) is 0 Å². The maximum absolute atomic E-state index is 12.2. The number of rotatable bonds is 8. The van der Waals surface area contributed by atoms with E-state index in [0.717, 1.165) is 17.7 Å². The second-order valence-corrected chi connectivity index (χ2v) is 9.64. The summed E-state index contributed by atoms with van der Waals surface area (Å²) < 4.78 is 11.2. The molecule has 0 spiro atoms. The summed E-state index contributed by atoms with van der Waals surface area (Å²) >= 11 is 12.8. The molecule has 2 aliphatic rings. The lowest BCUT2D eigenvalue weighted by Gasteiger charge is -2.31. The number of ether oxygens (including phenoxy) is 2. The molecule has 12 heteroatoms. The van der Waals surface area contributed by atoms with Crippen molar-refractivity contribution >= 4 is 57.8 Å². The van der Waals surface area contributed by atoms with E-state index in [9.17, 15) is 4.79 Å². The molecule has 204 valence electrons. The first-order chi connectivity index (χ1) is 19.0. The molecule has 39 heavy (non-hydrogen) atoms. The highest BCUT2D eigenvalue weighted by Gasteiger charge is 2.31. The van der Waals surface area contributed by atoms with Crippen LogP contribution >= 0.6 is 23.2 Å². The van der Waals surface area contributed by atoms with Gasteiger partial charge in [-0.25, -0.2) is 15.0 Å². The number of nitrogens with zero attached hydrogens (tertiary/aromatic N) is 4. The molecule has 0 aliphatic carbocycles. The van der Waals surface area contributed by atoms with Gasteiger partial charge in [-0.15, -0.1) is 0 Å². The van der Waals surface area contributed by atoms with Crippen LogP contribution in [0.4, 0.5) is 28.7 Å². The molecule has 2 fully saturated rings. The van der Waals surface area contributed by atoms with Gasteiger partial charge in [0.2, 0.25) is 5.91 Å². The van der Waals surface area contributed by atoms with E-state index in [1.165, 1.54) is 12.4 Å². The Morgan fingerprint density at radius 1 is 1.15 bits per heavy atom. The van der Waals surface area contributed by atoms with E-state index in [4.69, 9.17) is 37.5 Å². The van der Waals surface area contributed by atoms with Crippen LogP contribution in [0.5, 0.6) is 5.75 Å². The average Bonchev–Trinajstić information content (AvgIpc) is 3.45. The summed E-state index contributed by atoms with van der Waals surface area (Å²) in [5.41, 5.74) is 2.90. The lowest BCUT2D eigenvalue weighted by Crippen LogP contribution is -2.36. The summed E-state index contributed by atoms with van der Waals surface area (Å²) in [6, 6.07) is 10.9. The van der Waals surface area contributed by atoms with Crippen LogP contribution in [0.2, 0.25) is 10.0 Å². The van der Waals surface area contributed by atoms with E-state index in [0.29, 0.717) is 71.7 Å². The number of nitrogens with one attached hydrogen (secondary N) is 2. The molecule has 1 unspecified atom stereocenters. The monoisotopic (exact) mass is 570 g/mol. The van der Waals surface area contributed by atoms with Gasteiger partial charge in [-0.1, -0.05) is 41.9 Å². The third-order valence-corrected chi connectivity index (χ3v) is 7.33. The van der Waals surface area contributed by atoms with Crippen molar-refractivity contribution < 1.29 is 19.1 Å². The van der Waals surface area contributed by atoms with Crippen LogP contribution in [0.15, 0.2) is 55.4 Å². The molecule has 2 aromatic carbocycles. The molecule has 3 heterocycles. The van der Waals surface area contributed by atoms with E-state index in [-0.39, 0.29) is 11.9 Å². The molecule has 10 nitrogen and oxygen atoms in total. The second-order valence-electron chi connectivity index (χ2n) is 8.86. The van der Waals surface area contributed by atoms with Gasteiger partial charge in [-0.05, 0) is 23.8 Å². The van der Waals surface area contributed by atoms with Crippen LogP contribution < -0.4 is 25.3 Å². The van der Waals surface area contributed by atoms with Gasteiger partial charge in [0.05, 0.1) is 60.1 Å². The molecule has 0 saturated carbocycles. The number of morpholine rings is 1. The van der Waals surface area contributed by atoms with Gasteiger partial charge in [0.1, 0.15) is 17.9 Å². The third-order valence-electron chi connectivity index (χ3n) is 6.50. The Morgan fingerprint density at radius 2 is 1.97 bits per heavy atom. The molecule has 0 radical (unpaired) electrons.